The lowest BCUT2D eigenvalue weighted by Gasteiger charge is -2.33. The number of aromatic nitrogens is 2. The zero-order chi connectivity index (χ0) is 15.6. The van der Waals surface area contributed by atoms with Gasteiger partial charge in [-0.2, -0.15) is 4.31 Å². The SMILES string of the molecule is Nc1ccc(S(=O)(=O)N2CCN(c3ncccn3)CC2)cc1. The zero-order valence-corrected chi connectivity index (χ0v) is 12.8. The second kappa shape index (κ2) is 5.90. The predicted molar refractivity (Wildman–Crippen MR) is 83.9 cm³/mol. The minimum absolute atomic E-state index is 0.270. The fourth-order valence-electron chi connectivity index (χ4n) is 2.37. The van der Waals surface area contributed by atoms with Crippen molar-refractivity contribution in [2.45, 2.75) is 4.90 Å². The number of nitrogen functional groups attached to an aromatic ring is 1. The fourth-order valence-corrected chi connectivity index (χ4v) is 3.79. The summed E-state index contributed by atoms with van der Waals surface area (Å²) in [6.45, 7) is 1.95. The number of nitrogens with two attached hydrogens (primary N) is 1. The minimum Gasteiger partial charge on any atom is -0.399 e. The number of hydrogen-bond donors (Lipinski definition) is 1. The Morgan fingerprint density at radius 2 is 1.55 bits per heavy atom. The number of hydrogen-bond acceptors (Lipinski definition) is 6. The highest BCUT2D eigenvalue weighted by molar-refractivity contribution is 7.89. The monoisotopic (exact) mass is 319 g/mol. The molecule has 0 saturated carbocycles. The summed E-state index contributed by atoms with van der Waals surface area (Å²) < 4.78 is 26.6. The molecule has 1 saturated heterocycles. The summed E-state index contributed by atoms with van der Waals surface area (Å²) in [5.74, 6) is 0.632. The molecular weight excluding hydrogens is 302 g/mol. The Morgan fingerprint density at radius 1 is 0.955 bits per heavy atom. The van der Waals surface area contributed by atoms with Crippen molar-refractivity contribution in [3.8, 4) is 0 Å². The van der Waals surface area contributed by atoms with Crippen molar-refractivity contribution in [2.24, 2.45) is 0 Å². The van der Waals surface area contributed by atoms with E-state index in [-0.39, 0.29) is 4.90 Å². The first-order valence-electron chi connectivity index (χ1n) is 6.95. The summed E-state index contributed by atoms with van der Waals surface area (Å²) in [5.41, 5.74) is 6.15. The lowest BCUT2D eigenvalue weighted by molar-refractivity contribution is 0.382. The molecule has 1 aromatic heterocycles. The number of sulfonamides is 1. The maximum absolute atomic E-state index is 12.6. The van der Waals surface area contributed by atoms with E-state index < -0.39 is 10.0 Å². The van der Waals surface area contributed by atoms with Crippen molar-refractivity contribution in [2.75, 3.05) is 36.8 Å². The topological polar surface area (TPSA) is 92.4 Å². The molecule has 1 fully saturated rings. The van der Waals surface area contributed by atoms with E-state index in [4.69, 9.17) is 5.73 Å². The van der Waals surface area contributed by atoms with Gasteiger partial charge in [0.05, 0.1) is 4.90 Å². The Balaban J connectivity index is 1.72. The average Bonchev–Trinajstić information content (AvgIpc) is 2.56. The normalized spacial score (nSPS) is 16.6. The van der Waals surface area contributed by atoms with Gasteiger partial charge in [0.1, 0.15) is 0 Å². The summed E-state index contributed by atoms with van der Waals surface area (Å²) in [6.07, 6.45) is 3.36. The van der Waals surface area contributed by atoms with Crippen molar-refractivity contribution < 1.29 is 8.42 Å². The molecule has 0 aliphatic carbocycles. The van der Waals surface area contributed by atoms with Gasteiger partial charge >= 0.3 is 0 Å². The number of rotatable bonds is 3. The Bertz CT molecular complexity index is 726. The zero-order valence-electron chi connectivity index (χ0n) is 12.0. The Hall–Kier alpha value is -2.19. The predicted octanol–water partition coefficient (Wildman–Crippen LogP) is 0.570. The van der Waals surface area contributed by atoms with Crippen LogP contribution >= 0.6 is 0 Å². The van der Waals surface area contributed by atoms with Gasteiger partial charge in [-0.1, -0.05) is 0 Å². The first-order chi connectivity index (χ1) is 10.6. The number of anilines is 2. The molecule has 2 N–H and O–H groups in total. The molecule has 0 unspecified atom stereocenters. The van der Waals surface area contributed by atoms with E-state index in [2.05, 4.69) is 9.97 Å². The second-order valence-electron chi connectivity index (χ2n) is 5.01. The summed E-state index contributed by atoms with van der Waals surface area (Å²) in [7, 11) is -3.47. The lowest BCUT2D eigenvalue weighted by atomic mass is 10.3. The highest BCUT2D eigenvalue weighted by Gasteiger charge is 2.29. The molecule has 0 atom stereocenters. The van der Waals surface area contributed by atoms with Gasteiger partial charge in [0.15, 0.2) is 0 Å². The van der Waals surface area contributed by atoms with Gasteiger partial charge < -0.3 is 10.6 Å². The second-order valence-corrected chi connectivity index (χ2v) is 6.95. The maximum Gasteiger partial charge on any atom is 0.243 e. The van der Waals surface area contributed by atoms with Crippen LogP contribution < -0.4 is 10.6 Å². The van der Waals surface area contributed by atoms with E-state index in [1.807, 2.05) is 4.90 Å². The average molecular weight is 319 g/mol. The summed E-state index contributed by atoms with van der Waals surface area (Å²) in [5, 5.41) is 0. The van der Waals surface area contributed by atoms with Crippen LogP contribution in [0.4, 0.5) is 11.6 Å². The molecule has 116 valence electrons. The van der Waals surface area contributed by atoms with E-state index in [9.17, 15) is 8.42 Å². The van der Waals surface area contributed by atoms with Gasteiger partial charge in [0.25, 0.3) is 0 Å². The van der Waals surface area contributed by atoms with Crippen molar-refractivity contribution in [1.29, 1.82) is 0 Å². The minimum atomic E-state index is -3.47. The van der Waals surface area contributed by atoms with Crippen LogP contribution in [-0.4, -0.2) is 48.9 Å². The van der Waals surface area contributed by atoms with E-state index in [0.29, 0.717) is 37.8 Å². The highest BCUT2D eigenvalue weighted by atomic mass is 32.2. The lowest BCUT2D eigenvalue weighted by Crippen LogP contribution is -2.49. The van der Waals surface area contributed by atoms with Crippen molar-refractivity contribution in [3.05, 3.63) is 42.7 Å². The summed E-state index contributed by atoms with van der Waals surface area (Å²) in [6, 6.07) is 8.03. The van der Waals surface area contributed by atoms with Crippen LogP contribution in [0.2, 0.25) is 0 Å². The molecule has 2 aromatic rings. The van der Waals surface area contributed by atoms with Crippen molar-refractivity contribution in [3.63, 3.8) is 0 Å². The van der Waals surface area contributed by atoms with Crippen LogP contribution in [-0.2, 0) is 10.0 Å². The van der Waals surface area contributed by atoms with Gasteiger partial charge in [-0.3, -0.25) is 0 Å². The molecule has 0 spiro atoms. The third-order valence-corrected chi connectivity index (χ3v) is 5.50. The molecule has 22 heavy (non-hydrogen) atoms. The third-order valence-electron chi connectivity index (χ3n) is 3.59. The Kier molecular flexibility index (Phi) is 3.95. The summed E-state index contributed by atoms with van der Waals surface area (Å²) >= 11 is 0. The number of piperazine rings is 1. The highest BCUT2D eigenvalue weighted by Crippen LogP contribution is 2.19. The van der Waals surface area contributed by atoms with Gasteiger partial charge in [0.2, 0.25) is 16.0 Å². The fraction of sp³-hybridized carbons (Fsp3) is 0.286. The van der Waals surface area contributed by atoms with Gasteiger partial charge in [-0.15, -0.1) is 0 Å². The van der Waals surface area contributed by atoms with E-state index in [1.54, 1.807) is 30.6 Å². The molecule has 1 aromatic carbocycles. The van der Waals surface area contributed by atoms with Crippen LogP contribution in [0.3, 0.4) is 0 Å². The maximum atomic E-state index is 12.6. The van der Waals surface area contributed by atoms with Crippen molar-refractivity contribution in [1.82, 2.24) is 14.3 Å². The molecule has 7 nitrogen and oxygen atoms in total. The van der Waals surface area contributed by atoms with Crippen LogP contribution in [0.15, 0.2) is 47.6 Å². The van der Waals surface area contributed by atoms with Gasteiger partial charge in [-0.05, 0) is 30.3 Å². The molecule has 8 heteroatoms. The molecule has 0 radical (unpaired) electrons. The van der Waals surface area contributed by atoms with Crippen LogP contribution in [0.25, 0.3) is 0 Å². The van der Waals surface area contributed by atoms with Gasteiger partial charge in [0, 0.05) is 44.3 Å². The van der Waals surface area contributed by atoms with E-state index in [0.717, 1.165) is 0 Å². The number of nitrogens with zero attached hydrogens (tertiary/aromatic N) is 4. The molecule has 2 heterocycles. The molecule has 3 rings (SSSR count). The first-order valence-corrected chi connectivity index (χ1v) is 8.39. The van der Waals surface area contributed by atoms with E-state index in [1.165, 1.54) is 16.4 Å². The van der Waals surface area contributed by atoms with Crippen LogP contribution in [0.5, 0.6) is 0 Å². The largest absolute Gasteiger partial charge is 0.399 e. The molecule has 1 aliphatic rings. The summed E-state index contributed by atoms with van der Waals surface area (Å²) in [4.78, 5) is 10.6. The van der Waals surface area contributed by atoms with Crippen LogP contribution in [0.1, 0.15) is 0 Å². The number of benzene rings is 1. The molecular formula is C14H17N5O2S. The Labute approximate surface area is 129 Å². The van der Waals surface area contributed by atoms with E-state index >= 15 is 0 Å². The molecule has 0 bridgehead atoms. The first kappa shape index (κ1) is 14.7. The quantitative estimate of drug-likeness (QED) is 0.832. The molecule has 0 amide bonds. The third kappa shape index (κ3) is 2.88. The Morgan fingerprint density at radius 3 is 2.14 bits per heavy atom. The van der Waals surface area contributed by atoms with Crippen LogP contribution in [0, 0.1) is 0 Å². The molecule has 1 aliphatic heterocycles. The van der Waals surface area contributed by atoms with Crippen molar-refractivity contribution >= 4 is 21.7 Å². The smallest absolute Gasteiger partial charge is 0.243 e. The standard InChI is InChI=1S/C14H17N5O2S/c15-12-2-4-13(5-3-12)22(20,21)19-10-8-18(9-11-19)14-16-6-1-7-17-14/h1-7H,8-11,15H2. The van der Waals surface area contributed by atoms with Gasteiger partial charge in [-0.25, -0.2) is 18.4 Å².